The second-order valence-electron chi connectivity index (χ2n) is 6.15. The van der Waals surface area contributed by atoms with Crippen LogP contribution in [0.5, 0.6) is 0 Å². The monoisotopic (exact) mass is 304 g/mol. The molecule has 1 saturated carbocycles. The summed E-state index contributed by atoms with van der Waals surface area (Å²) in [6.07, 6.45) is 6.63. The van der Waals surface area contributed by atoms with E-state index >= 15 is 0 Å². The van der Waals surface area contributed by atoms with E-state index < -0.39 is 9.84 Å². The van der Waals surface area contributed by atoms with E-state index in [2.05, 4.69) is 10.2 Å². The van der Waals surface area contributed by atoms with Crippen LogP contribution in [0.2, 0.25) is 0 Å². The van der Waals surface area contributed by atoms with Crippen molar-refractivity contribution in [3.8, 4) is 0 Å². The minimum absolute atomic E-state index is 0.169. The molecule has 2 aliphatic rings. The Morgan fingerprint density at radius 3 is 2.65 bits per heavy atom. The fourth-order valence-corrected chi connectivity index (χ4v) is 5.09. The number of nitrogens with zero attached hydrogens (tertiary/aromatic N) is 1. The lowest BCUT2D eigenvalue weighted by Crippen LogP contribution is -2.49. The van der Waals surface area contributed by atoms with Crippen molar-refractivity contribution in [3.05, 3.63) is 0 Å². The van der Waals surface area contributed by atoms with E-state index in [0.29, 0.717) is 12.6 Å². The molecule has 0 bridgehead atoms. The molecule has 1 aliphatic carbocycles. The van der Waals surface area contributed by atoms with Crippen molar-refractivity contribution in [3.63, 3.8) is 0 Å². The topological polar surface area (TPSA) is 58.6 Å². The van der Waals surface area contributed by atoms with Crippen LogP contribution in [0.1, 0.15) is 32.1 Å². The van der Waals surface area contributed by atoms with Gasteiger partial charge in [0.05, 0.1) is 11.9 Å². The first kappa shape index (κ1) is 16.2. The summed E-state index contributed by atoms with van der Waals surface area (Å²) in [4.78, 5) is 2.35. The van der Waals surface area contributed by atoms with Crippen molar-refractivity contribution in [2.75, 3.05) is 39.6 Å². The molecular formula is C14H28N2O3S. The Morgan fingerprint density at radius 1 is 1.25 bits per heavy atom. The van der Waals surface area contributed by atoms with Crippen molar-refractivity contribution in [1.29, 1.82) is 0 Å². The van der Waals surface area contributed by atoms with Crippen molar-refractivity contribution in [1.82, 2.24) is 10.2 Å². The lowest BCUT2D eigenvalue weighted by molar-refractivity contribution is 0.114. The highest BCUT2D eigenvalue weighted by Crippen LogP contribution is 2.29. The summed E-state index contributed by atoms with van der Waals surface area (Å²) < 4.78 is 29.2. The Bertz CT molecular complexity index is 393. The molecule has 0 aromatic rings. The number of rotatable bonds is 7. The van der Waals surface area contributed by atoms with Gasteiger partial charge in [-0.15, -0.1) is 0 Å². The van der Waals surface area contributed by atoms with Crippen LogP contribution in [-0.2, 0) is 14.6 Å². The van der Waals surface area contributed by atoms with Gasteiger partial charge in [-0.1, -0.05) is 6.42 Å². The molecule has 5 nitrogen and oxygen atoms in total. The van der Waals surface area contributed by atoms with Crippen LogP contribution >= 0.6 is 0 Å². The molecule has 0 aromatic carbocycles. The fraction of sp³-hybridized carbons (Fsp3) is 1.00. The molecule has 20 heavy (non-hydrogen) atoms. The zero-order chi connectivity index (χ0) is 14.6. The van der Waals surface area contributed by atoms with Gasteiger partial charge in [-0.2, -0.15) is 0 Å². The fourth-order valence-electron chi connectivity index (χ4n) is 3.62. The lowest BCUT2D eigenvalue weighted by atomic mass is 10.1. The number of nitrogens with one attached hydrogen (secondary N) is 1. The van der Waals surface area contributed by atoms with E-state index in [4.69, 9.17) is 4.74 Å². The zero-order valence-electron chi connectivity index (χ0n) is 12.7. The van der Waals surface area contributed by atoms with E-state index in [1.807, 2.05) is 0 Å². The number of ether oxygens (including phenoxy) is 1. The van der Waals surface area contributed by atoms with Gasteiger partial charge in [0.2, 0.25) is 0 Å². The summed E-state index contributed by atoms with van der Waals surface area (Å²) in [5.74, 6) is 0. The van der Waals surface area contributed by atoms with Gasteiger partial charge in [0, 0.05) is 38.5 Å². The molecule has 0 spiro atoms. The van der Waals surface area contributed by atoms with Crippen molar-refractivity contribution >= 4 is 9.84 Å². The quantitative estimate of drug-likeness (QED) is 0.748. The maximum atomic E-state index is 12.0. The highest BCUT2D eigenvalue weighted by atomic mass is 32.2. The van der Waals surface area contributed by atoms with Crippen molar-refractivity contribution in [2.45, 2.75) is 49.4 Å². The van der Waals surface area contributed by atoms with Gasteiger partial charge in [0.15, 0.2) is 9.84 Å². The van der Waals surface area contributed by atoms with E-state index in [-0.39, 0.29) is 11.3 Å². The lowest BCUT2D eigenvalue weighted by Gasteiger charge is -2.34. The highest BCUT2D eigenvalue weighted by Gasteiger charge is 2.38. The molecule has 0 radical (unpaired) electrons. The molecule has 1 N–H and O–H groups in total. The zero-order valence-corrected chi connectivity index (χ0v) is 13.5. The summed E-state index contributed by atoms with van der Waals surface area (Å²) in [5, 5.41) is 3.31. The van der Waals surface area contributed by atoms with Crippen molar-refractivity contribution in [2.24, 2.45) is 0 Å². The molecular weight excluding hydrogens is 276 g/mol. The summed E-state index contributed by atoms with van der Waals surface area (Å²) in [5.41, 5.74) is 0. The molecule has 1 heterocycles. The van der Waals surface area contributed by atoms with E-state index in [1.54, 1.807) is 7.11 Å². The standard InChI is InChI=1S/C14H28N2O3S/c1-19-10-9-16(11-12-5-4-8-15-12)13-6-3-7-14(13)20(2,17)18/h12-15H,3-11H2,1-2H3. The van der Waals surface area contributed by atoms with Crippen LogP contribution < -0.4 is 5.32 Å². The smallest absolute Gasteiger partial charge is 0.151 e. The second kappa shape index (κ2) is 7.20. The Hall–Kier alpha value is -0.170. The number of hydrogen-bond donors (Lipinski definition) is 1. The van der Waals surface area contributed by atoms with Gasteiger partial charge in [-0.25, -0.2) is 8.42 Å². The van der Waals surface area contributed by atoms with Gasteiger partial charge in [-0.05, 0) is 32.2 Å². The second-order valence-corrected chi connectivity index (χ2v) is 8.41. The van der Waals surface area contributed by atoms with Crippen LogP contribution in [0.4, 0.5) is 0 Å². The third-order valence-electron chi connectivity index (χ3n) is 4.64. The predicted molar refractivity (Wildman–Crippen MR) is 80.7 cm³/mol. The Balaban J connectivity index is 2.03. The summed E-state index contributed by atoms with van der Waals surface area (Å²) in [6, 6.07) is 0.676. The first-order valence-corrected chi connectivity index (χ1v) is 9.63. The summed E-state index contributed by atoms with van der Waals surface area (Å²) in [7, 11) is -1.26. The largest absolute Gasteiger partial charge is 0.383 e. The van der Waals surface area contributed by atoms with Crippen LogP contribution in [0.25, 0.3) is 0 Å². The normalized spacial score (nSPS) is 31.2. The average molecular weight is 304 g/mol. The van der Waals surface area contributed by atoms with Gasteiger partial charge in [0.25, 0.3) is 0 Å². The Kier molecular flexibility index (Phi) is 5.84. The maximum absolute atomic E-state index is 12.0. The summed E-state index contributed by atoms with van der Waals surface area (Å²) in [6.45, 7) is 3.52. The maximum Gasteiger partial charge on any atom is 0.151 e. The first-order chi connectivity index (χ1) is 9.52. The third kappa shape index (κ3) is 4.16. The van der Waals surface area contributed by atoms with E-state index in [1.165, 1.54) is 19.1 Å². The number of hydrogen-bond acceptors (Lipinski definition) is 5. The molecule has 6 heteroatoms. The Morgan fingerprint density at radius 2 is 2.05 bits per heavy atom. The molecule has 3 atom stereocenters. The van der Waals surface area contributed by atoms with E-state index in [9.17, 15) is 8.42 Å². The first-order valence-electron chi connectivity index (χ1n) is 7.67. The number of sulfone groups is 1. The molecule has 0 amide bonds. The summed E-state index contributed by atoms with van der Waals surface area (Å²) >= 11 is 0. The van der Waals surface area contributed by atoms with Crippen LogP contribution in [-0.4, -0.2) is 70.3 Å². The predicted octanol–water partition coefficient (Wildman–Crippen LogP) is 0.653. The highest BCUT2D eigenvalue weighted by molar-refractivity contribution is 7.91. The molecule has 1 saturated heterocycles. The SMILES string of the molecule is COCCN(CC1CCCN1)C1CCCC1S(C)(=O)=O. The Labute approximate surface area is 123 Å². The molecule has 0 aromatic heterocycles. The van der Waals surface area contributed by atoms with Crippen LogP contribution in [0.3, 0.4) is 0 Å². The van der Waals surface area contributed by atoms with Crippen LogP contribution in [0, 0.1) is 0 Å². The molecule has 2 fully saturated rings. The van der Waals surface area contributed by atoms with Crippen molar-refractivity contribution < 1.29 is 13.2 Å². The minimum Gasteiger partial charge on any atom is -0.383 e. The molecule has 1 aliphatic heterocycles. The molecule has 3 unspecified atom stereocenters. The molecule has 2 rings (SSSR count). The van der Waals surface area contributed by atoms with Gasteiger partial charge in [-0.3, -0.25) is 4.90 Å². The molecule has 118 valence electrons. The van der Waals surface area contributed by atoms with E-state index in [0.717, 1.165) is 38.9 Å². The van der Waals surface area contributed by atoms with Gasteiger partial charge < -0.3 is 10.1 Å². The van der Waals surface area contributed by atoms with Gasteiger partial charge >= 0.3 is 0 Å². The minimum atomic E-state index is -2.96. The third-order valence-corrected chi connectivity index (χ3v) is 6.29. The number of methoxy groups -OCH3 is 1. The average Bonchev–Trinajstić information content (AvgIpc) is 3.03. The van der Waals surface area contributed by atoms with Crippen LogP contribution in [0.15, 0.2) is 0 Å². The van der Waals surface area contributed by atoms with Gasteiger partial charge in [0.1, 0.15) is 0 Å².